The molecule has 0 fully saturated rings. The Hall–Kier alpha value is -0.610. The predicted octanol–water partition coefficient (Wildman–Crippen LogP) is 1.55. The monoisotopic (exact) mass is 230 g/mol. The molecule has 1 unspecified atom stereocenters. The van der Waals surface area contributed by atoms with E-state index in [0.29, 0.717) is 18.9 Å². The minimum atomic E-state index is -0.752. The summed E-state index contributed by atoms with van der Waals surface area (Å²) in [6, 6.07) is -0.421. The van der Waals surface area contributed by atoms with E-state index in [0.717, 1.165) is 25.9 Å². The SMILES string of the molecule is CCC(CC)CN(CC)C(CCN)C(=O)O. The number of rotatable bonds is 9. The number of nitrogens with zero attached hydrogens (tertiary/aromatic N) is 1. The summed E-state index contributed by atoms with van der Waals surface area (Å²) >= 11 is 0. The van der Waals surface area contributed by atoms with Crippen LogP contribution < -0.4 is 5.73 Å². The maximum atomic E-state index is 11.2. The molecule has 0 spiro atoms. The highest BCUT2D eigenvalue weighted by Crippen LogP contribution is 2.13. The van der Waals surface area contributed by atoms with Crippen LogP contribution in [0.1, 0.15) is 40.0 Å². The summed E-state index contributed by atoms with van der Waals surface area (Å²) in [5.41, 5.74) is 5.47. The first-order valence-corrected chi connectivity index (χ1v) is 6.27. The highest BCUT2D eigenvalue weighted by Gasteiger charge is 2.24. The van der Waals surface area contributed by atoms with Gasteiger partial charge in [0, 0.05) is 6.54 Å². The lowest BCUT2D eigenvalue weighted by Gasteiger charge is -2.30. The van der Waals surface area contributed by atoms with Crippen molar-refractivity contribution in [3.8, 4) is 0 Å². The molecule has 0 aliphatic rings. The van der Waals surface area contributed by atoms with E-state index < -0.39 is 12.0 Å². The van der Waals surface area contributed by atoms with Gasteiger partial charge in [-0.2, -0.15) is 0 Å². The third kappa shape index (κ3) is 4.94. The average Bonchev–Trinajstić information content (AvgIpc) is 2.28. The molecule has 4 nitrogen and oxygen atoms in total. The van der Waals surface area contributed by atoms with E-state index in [2.05, 4.69) is 13.8 Å². The Bertz CT molecular complexity index is 193. The second kappa shape index (κ2) is 8.53. The second-order valence-corrected chi connectivity index (χ2v) is 4.20. The summed E-state index contributed by atoms with van der Waals surface area (Å²) < 4.78 is 0. The Kier molecular flexibility index (Phi) is 8.21. The van der Waals surface area contributed by atoms with Gasteiger partial charge in [0.1, 0.15) is 6.04 Å². The van der Waals surface area contributed by atoms with Crippen LogP contribution in [0, 0.1) is 5.92 Å². The van der Waals surface area contributed by atoms with Crippen molar-refractivity contribution in [1.29, 1.82) is 0 Å². The van der Waals surface area contributed by atoms with Crippen molar-refractivity contribution in [2.24, 2.45) is 11.7 Å². The molecule has 0 aromatic heterocycles. The van der Waals surface area contributed by atoms with Crippen molar-refractivity contribution in [1.82, 2.24) is 4.90 Å². The number of carboxylic acids is 1. The van der Waals surface area contributed by atoms with Crippen LogP contribution in [0.25, 0.3) is 0 Å². The van der Waals surface area contributed by atoms with Crippen molar-refractivity contribution >= 4 is 5.97 Å². The van der Waals surface area contributed by atoms with Gasteiger partial charge in [0.25, 0.3) is 0 Å². The van der Waals surface area contributed by atoms with Crippen LogP contribution in [0.5, 0.6) is 0 Å². The molecule has 0 saturated heterocycles. The van der Waals surface area contributed by atoms with Crippen molar-refractivity contribution in [2.45, 2.75) is 46.1 Å². The molecule has 0 bridgehead atoms. The third-order valence-electron chi connectivity index (χ3n) is 3.22. The molecule has 0 radical (unpaired) electrons. The minimum Gasteiger partial charge on any atom is -0.480 e. The van der Waals surface area contributed by atoms with Crippen LogP contribution >= 0.6 is 0 Å². The number of hydrogen-bond donors (Lipinski definition) is 2. The van der Waals surface area contributed by atoms with Crippen LogP contribution in [0.3, 0.4) is 0 Å². The van der Waals surface area contributed by atoms with Crippen LogP contribution in [-0.2, 0) is 4.79 Å². The number of nitrogens with two attached hydrogens (primary N) is 1. The number of carboxylic acid groups (broad SMARTS) is 1. The summed E-state index contributed by atoms with van der Waals surface area (Å²) in [5.74, 6) is -0.169. The van der Waals surface area contributed by atoms with Gasteiger partial charge >= 0.3 is 5.97 Å². The van der Waals surface area contributed by atoms with Crippen molar-refractivity contribution in [3.05, 3.63) is 0 Å². The highest BCUT2D eigenvalue weighted by atomic mass is 16.4. The summed E-state index contributed by atoms with van der Waals surface area (Å²) in [5, 5.41) is 9.17. The van der Waals surface area contributed by atoms with Crippen LogP contribution in [-0.4, -0.2) is 41.7 Å². The molecule has 0 saturated carbocycles. The first-order chi connectivity index (χ1) is 7.60. The molecule has 0 aromatic rings. The molecule has 96 valence electrons. The van der Waals surface area contributed by atoms with Crippen LogP contribution in [0.2, 0.25) is 0 Å². The van der Waals surface area contributed by atoms with Gasteiger partial charge in [0.2, 0.25) is 0 Å². The van der Waals surface area contributed by atoms with Gasteiger partial charge in [-0.05, 0) is 25.4 Å². The molecule has 0 aliphatic heterocycles. The molecule has 0 aromatic carbocycles. The van der Waals surface area contributed by atoms with Crippen LogP contribution in [0.15, 0.2) is 0 Å². The maximum absolute atomic E-state index is 11.2. The number of likely N-dealkylation sites (N-methyl/N-ethyl adjacent to an activating group) is 1. The lowest BCUT2D eigenvalue weighted by molar-refractivity contribution is -0.143. The standard InChI is InChI=1S/C12H26N2O2/c1-4-10(5-2)9-14(6-3)11(7-8-13)12(15)16/h10-11H,4-9,13H2,1-3H3,(H,15,16). The van der Waals surface area contributed by atoms with Gasteiger partial charge in [-0.1, -0.05) is 33.6 Å². The number of aliphatic carboxylic acids is 1. The quantitative estimate of drug-likeness (QED) is 0.630. The predicted molar refractivity (Wildman–Crippen MR) is 66.4 cm³/mol. The zero-order valence-electron chi connectivity index (χ0n) is 10.8. The summed E-state index contributed by atoms with van der Waals surface area (Å²) in [4.78, 5) is 13.2. The summed E-state index contributed by atoms with van der Waals surface area (Å²) in [6.45, 7) is 8.38. The molecular weight excluding hydrogens is 204 g/mol. The van der Waals surface area contributed by atoms with Gasteiger partial charge in [-0.15, -0.1) is 0 Å². The van der Waals surface area contributed by atoms with E-state index >= 15 is 0 Å². The second-order valence-electron chi connectivity index (χ2n) is 4.20. The first-order valence-electron chi connectivity index (χ1n) is 6.27. The van der Waals surface area contributed by atoms with Crippen LogP contribution in [0.4, 0.5) is 0 Å². The maximum Gasteiger partial charge on any atom is 0.320 e. The van der Waals surface area contributed by atoms with Gasteiger partial charge in [0.05, 0.1) is 0 Å². The molecule has 3 N–H and O–H groups in total. The van der Waals surface area contributed by atoms with Gasteiger partial charge < -0.3 is 10.8 Å². The highest BCUT2D eigenvalue weighted by molar-refractivity contribution is 5.73. The van der Waals surface area contributed by atoms with Gasteiger partial charge in [-0.3, -0.25) is 9.69 Å². The molecule has 1 atom stereocenters. The molecule has 0 aliphatic carbocycles. The molecular formula is C12H26N2O2. The lowest BCUT2D eigenvalue weighted by atomic mass is 10.0. The smallest absolute Gasteiger partial charge is 0.320 e. The topological polar surface area (TPSA) is 66.6 Å². The molecule has 0 heterocycles. The van der Waals surface area contributed by atoms with Crippen molar-refractivity contribution in [3.63, 3.8) is 0 Å². The minimum absolute atomic E-state index is 0.421. The lowest BCUT2D eigenvalue weighted by Crippen LogP contribution is -2.44. The van der Waals surface area contributed by atoms with E-state index in [1.807, 2.05) is 11.8 Å². The Morgan fingerprint density at radius 1 is 1.31 bits per heavy atom. The van der Waals surface area contributed by atoms with Gasteiger partial charge in [-0.25, -0.2) is 0 Å². The molecule has 0 amide bonds. The normalized spacial score (nSPS) is 13.4. The van der Waals surface area contributed by atoms with E-state index in [-0.39, 0.29) is 0 Å². The number of carbonyl (C=O) groups is 1. The van der Waals surface area contributed by atoms with E-state index in [9.17, 15) is 4.79 Å². The largest absolute Gasteiger partial charge is 0.480 e. The fraction of sp³-hybridized carbons (Fsp3) is 0.917. The Labute approximate surface area is 98.8 Å². The number of hydrogen-bond acceptors (Lipinski definition) is 3. The Morgan fingerprint density at radius 3 is 2.19 bits per heavy atom. The fourth-order valence-electron chi connectivity index (χ4n) is 1.98. The average molecular weight is 230 g/mol. The zero-order valence-corrected chi connectivity index (χ0v) is 10.8. The summed E-state index contributed by atoms with van der Waals surface area (Å²) in [7, 11) is 0. The van der Waals surface area contributed by atoms with E-state index in [1.165, 1.54) is 0 Å². The van der Waals surface area contributed by atoms with Crippen molar-refractivity contribution < 1.29 is 9.90 Å². The van der Waals surface area contributed by atoms with E-state index in [4.69, 9.17) is 10.8 Å². The third-order valence-corrected chi connectivity index (χ3v) is 3.22. The summed E-state index contributed by atoms with van der Waals surface area (Å²) in [6.07, 6.45) is 2.73. The van der Waals surface area contributed by atoms with E-state index in [1.54, 1.807) is 0 Å². The fourth-order valence-corrected chi connectivity index (χ4v) is 1.98. The van der Waals surface area contributed by atoms with Gasteiger partial charge in [0.15, 0.2) is 0 Å². The molecule has 16 heavy (non-hydrogen) atoms. The van der Waals surface area contributed by atoms with Crippen molar-refractivity contribution in [2.75, 3.05) is 19.6 Å². The zero-order chi connectivity index (χ0) is 12.6. The molecule has 0 rings (SSSR count). The molecule has 4 heteroatoms. The first kappa shape index (κ1) is 15.4. The Balaban J connectivity index is 4.46. The Morgan fingerprint density at radius 2 is 1.88 bits per heavy atom.